The zero-order chi connectivity index (χ0) is 20.6. The van der Waals surface area contributed by atoms with Crippen molar-refractivity contribution in [2.24, 2.45) is 0 Å². The Bertz CT molecular complexity index is 1040. The van der Waals surface area contributed by atoms with Crippen molar-refractivity contribution in [2.75, 3.05) is 5.32 Å². The Morgan fingerprint density at radius 2 is 1.69 bits per heavy atom. The number of hydrogen-bond donors (Lipinski definition) is 3. The van der Waals surface area contributed by atoms with Crippen LogP contribution in [0.4, 0.5) is 19.0 Å². The number of nitrogens with one attached hydrogen (secondary N) is 1. The van der Waals surface area contributed by atoms with E-state index in [2.05, 4.69) is 15.5 Å². The van der Waals surface area contributed by atoms with Crippen molar-refractivity contribution in [1.29, 1.82) is 0 Å². The molecule has 5 nitrogen and oxygen atoms in total. The van der Waals surface area contributed by atoms with Gasteiger partial charge in [0.15, 0.2) is 5.82 Å². The lowest BCUT2D eigenvalue weighted by Gasteiger charge is -2.29. The minimum atomic E-state index is -4.54. The number of anilines is 1. The third kappa shape index (κ3) is 3.85. The second-order valence-electron chi connectivity index (χ2n) is 7.28. The highest BCUT2D eigenvalue weighted by Crippen LogP contribution is 2.39. The fourth-order valence-electron chi connectivity index (χ4n) is 3.77. The maximum absolute atomic E-state index is 12.9. The Balaban J connectivity index is 1.76. The summed E-state index contributed by atoms with van der Waals surface area (Å²) >= 11 is 0. The predicted octanol–water partition coefficient (Wildman–Crippen LogP) is 4.74. The van der Waals surface area contributed by atoms with E-state index in [4.69, 9.17) is 0 Å². The van der Waals surface area contributed by atoms with E-state index >= 15 is 0 Å². The molecule has 2 atom stereocenters. The number of rotatable bonds is 3. The van der Waals surface area contributed by atoms with Gasteiger partial charge in [0.05, 0.1) is 17.7 Å². The molecule has 3 N–H and O–H groups in total. The van der Waals surface area contributed by atoms with E-state index < -0.39 is 23.6 Å². The van der Waals surface area contributed by atoms with Gasteiger partial charge in [-0.1, -0.05) is 37.1 Å². The summed E-state index contributed by atoms with van der Waals surface area (Å²) in [7, 11) is 0. The molecule has 1 aromatic heterocycles. The molecule has 0 saturated heterocycles. The SMILES string of the molecule is Oc1cc(C(F)(F)F)ccc1-c1nnc(NC2CCCCC2O)c2ccccc12. The molecule has 152 valence electrons. The number of alkyl halides is 3. The van der Waals surface area contributed by atoms with Crippen molar-refractivity contribution in [2.45, 2.75) is 44.0 Å². The molecule has 0 amide bonds. The largest absolute Gasteiger partial charge is 0.507 e. The number of phenols is 1. The van der Waals surface area contributed by atoms with Gasteiger partial charge in [0.25, 0.3) is 0 Å². The first-order chi connectivity index (χ1) is 13.8. The average molecular weight is 403 g/mol. The summed E-state index contributed by atoms with van der Waals surface area (Å²) in [5.74, 6) is -0.00982. The van der Waals surface area contributed by atoms with Gasteiger partial charge in [-0.15, -0.1) is 10.2 Å². The van der Waals surface area contributed by atoms with Crippen LogP contribution in [0.5, 0.6) is 5.75 Å². The Morgan fingerprint density at radius 3 is 2.38 bits per heavy atom. The fourth-order valence-corrected chi connectivity index (χ4v) is 3.77. The lowest BCUT2D eigenvalue weighted by molar-refractivity contribution is -0.137. The maximum Gasteiger partial charge on any atom is 0.416 e. The first-order valence-corrected chi connectivity index (χ1v) is 9.45. The normalized spacial score (nSPS) is 20.0. The van der Waals surface area contributed by atoms with Gasteiger partial charge in [-0.3, -0.25) is 0 Å². The molecule has 4 rings (SSSR count). The highest BCUT2D eigenvalue weighted by atomic mass is 19.4. The molecule has 3 aromatic rings. The van der Waals surface area contributed by atoms with Gasteiger partial charge in [0, 0.05) is 16.3 Å². The Labute approximate surface area is 165 Å². The molecular weight excluding hydrogens is 383 g/mol. The van der Waals surface area contributed by atoms with E-state index in [0.717, 1.165) is 37.1 Å². The summed E-state index contributed by atoms with van der Waals surface area (Å²) in [6.07, 6.45) is -1.48. The van der Waals surface area contributed by atoms with Crippen LogP contribution in [-0.2, 0) is 6.18 Å². The van der Waals surface area contributed by atoms with Gasteiger partial charge < -0.3 is 15.5 Å². The number of aliphatic hydroxyl groups is 1. The van der Waals surface area contributed by atoms with Crippen LogP contribution in [0.25, 0.3) is 22.0 Å². The van der Waals surface area contributed by atoms with Crippen LogP contribution < -0.4 is 5.32 Å². The van der Waals surface area contributed by atoms with E-state index in [1.54, 1.807) is 12.1 Å². The first-order valence-electron chi connectivity index (χ1n) is 9.45. The topological polar surface area (TPSA) is 78.3 Å². The summed E-state index contributed by atoms with van der Waals surface area (Å²) in [4.78, 5) is 0. The number of nitrogens with zero attached hydrogens (tertiary/aromatic N) is 2. The van der Waals surface area contributed by atoms with E-state index in [1.165, 1.54) is 6.07 Å². The van der Waals surface area contributed by atoms with Crippen molar-refractivity contribution >= 4 is 16.6 Å². The van der Waals surface area contributed by atoms with Crippen molar-refractivity contribution in [3.63, 3.8) is 0 Å². The molecule has 1 aliphatic rings. The zero-order valence-corrected chi connectivity index (χ0v) is 15.4. The minimum Gasteiger partial charge on any atom is -0.507 e. The maximum atomic E-state index is 12.9. The van der Waals surface area contributed by atoms with Gasteiger partial charge in [0.1, 0.15) is 11.4 Å². The number of halogens is 3. The molecule has 0 spiro atoms. The molecule has 1 saturated carbocycles. The van der Waals surface area contributed by atoms with Crippen LogP contribution in [0, 0.1) is 0 Å². The summed E-state index contributed by atoms with van der Waals surface area (Å²) in [6, 6.07) is 9.88. The van der Waals surface area contributed by atoms with Crippen LogP contribution in [0.15, 0.2) is 42.5 Å². The summed E-state index contributed by atoms with van der Waals surface area (Å²) in [5, 5.41) is 33.5. The average Bonchev–Trinajstić information content (AvgIpc) is 2.69. The standard InChI is InChI=1S/C21H20F3N3O2/c22-21(23,24)12-9-10-15(18(29)11-12)19-13-5-1-2-6-14(13)20(27-26-19)25-16-7-3-4-8-17(16)28/h1-2,5-6,9-11,16-17,28-29H,3-4,7-8H2,(H,25,27). The van der Waals surface area contributed by atoms with Crippen molar-refractivity contribution in [3.05, 3.63) is 48.0 Å². The number of fused-ring (bicyclic) bond motifs is 1. The van der Waals surface area contributed by atoms with Crippen LogP contribution in [0.3, 0.4) is 0 Å². The van der Waals surface area contributed by atoms with E-state index in [9.17, 15) is 23.4 Å². The van der Waals surface area contributed by atoms with E-state index in [0.29, 0.717) is 23.0 Å². The number of benzene rings is 2. The van der Waals surface area contributed by atoms with Crippen LogP contribution in [0.2, 0.25) is 0 Å². The molecule has 1 aliphatic carbocycles. The number of aromatic hydroxyl groups is 1. The van der Waals surface area contributed by atoms with Crippen molar-refractivity contribution in [3.8, 4) is 17.0 Å². The highest BCUT2D eigenvalue weighted by Gasteiger charge is 2.31. The molecule has 1 fully saturated rings. The van der Waals surface area contributed by atoms with E-state index in [1.807, 2.05) is 12.1 Å². The Kier molecular flexibility index (Phi) is 5.04. The minimum absolute atomic E-state index is 0.133. The molecule has 8 heteroatoms. The summed E-state index contributed by atoms with van der Waals surface area (Å²) < 4.78 is 38.7. The number of phenolic OH excluding ortho intramolecular Hbond substituents is 1. The molecule has 1 heterocycles. The van der Waals surface area contributed by atoms with Gasteiger partial charge in [-0.2, -0.15) is 13.2 Å². The monoisotopic (exact) mass is 403 g/mol. The molecule has 2 unspecified atom stereocenters. The lowest BCUT2D eigenvalue weighted by Crippen LogP contribution is -2.36. The van der Waals surface area contributed by atoms with E-state index in [-0.39, 0.29) is 11.6 Å². The number of aromatic nitrogens is 2. The summed E-state index contributed by atoms with van der Waals surface area (Å²) in [5.41, 5.74) is -0.465. The van der Waals surface area contributed by atoms with Crippen molar-refractivity contribution in [1.82, 2.24) is 10.2 Å². The Hall–Kier alpha value is -2.87. The van der Waals surface area contributed by atoms with Crippen LogP contribution in [0.1, 0.15) is 31.2 Å². The van der Waals surface area contributed by atoms with Crippen LogP contribution in [-0.4, -0.2) is 32.6 Å². The number of aliphatic hydroxyl groups excluding tert-OH is 1. The third-order valence-corrected chi connectivity index (χ3v) is 5.32. The fraction of sp³-hybridized carbons (Fsp3) is 0.333. The van der Waals surface area contributed by atoms with Gasteiger partial charge >= 0.3 is 6.18 Å². The van der Waals surface area contributed by atoms with Crippen molar-refractivity contribution < 1.29 is 23.4 Å². The first kappa shape index (κ1) is 19.4. The quantitative estimate of drug-likeness (QED) is 0.589. The van der Waals surface area contributed by atoms with Gasteiger partial charge in [-0.25, -0.2) is 0 Å². The second kappa shape index (κ2) is 7.51. The Morgan fingerprint density at radius 1 is 0.966 bits per heavy atom. The second-order valence-corrected chi connectivity index (χ2v) is 7.28. The number of hydrogen-bond acceptors (Lipinski definition) is 5. The molecule has 0 radical (unpaired) electrons. The predicted molar refractivity (Wildman–Crippen MR) is 104 cm³/mol. The molecular formula is C21H20F3N3O2. The lowest BCUT2D eigenvalue weighted by atomic mass is 9.92. The van der Waals surface area contributed by atoms with Gasteiger partial charge in [0.2, 0.25) is 0 Å². The summed E-state index contributed by atoms with van der Waals surface area (Å²) in [6.45, 7) is 0. The molecule has 0 bridgehead atoms. The zero-order valence-electron chi connectivity index (χ0n) is 15.4. The molecule has 0 aliphatic heterocycles. The smallest absolute Gasteiger partial charge is 0.416 e. The van der Waals surface area contributed by atoms with Crippen LogP contribution >= 0.6 is 0 Å². The van der Waals surface area contributed by atoms with Gasteiger partial charge in [-0.05, 0) is 31.0 Å². The third-order valence-electron chi connectivity index (χ3n) is 5.32. The molecule has 2 aromatic carbocycles. The molecule has 29 heavy (non-hydrogen) atoms. The highest BCUT2D eigenvalue weighted by molar-refractivity contribution is 6.00.